The number of nitrogens with zero attached hydrogens (tertiary/aromatic N) is 1. The van der Waals surface area contributed by atoms with Crippen LogP contribution in [0, 0.1) is 0 Å². The van der Waals surface area contributed by atoms with Gasteiger partial charge in [-0.05, 0) is 49.4 Å². The lowest BCUT2D eigenvalue weighted by Crippen LogP contribution is -2.36. The van der Waals surface area contributed by atoms with E-state index in [1.807, 2.05) is 49.2 Å². The molecule has 3 rings (SSSR count). The van der Waals surface area contributed by atoms with Gasteiger partial charge in [0.25, 0.3) is 5.91 Å². The van der Waals surface area contributed by atoms with E-state index in [1.54, 1.807) is 19.2 Å². The van der Waals surface area contributed by atoms with Crippen LogP contribution in [-0.4, -0.2) is 44.1 Å². The summed E-state index contributed by atoms with van der Waals surface area (Å²) >= 11 is 0. The highest BCUT2D eigenvalue weighted by Gasteiger charge is 2.17. The van der Waals surface area contributed by atoms with Crippen LogP contribution >= 0.6 is 0 Å². The Hall–Kier alpha value is -3.06. The molecule has 148 valence electrons. The third-order valence-electron chi connectivity index (χ3n) is 4.58. The zero-order valence-electron chi connectivity index (χ0n) is 16.3. The van der Waals surface area contributed by atoms with Gasteiger partial charge in [0.1, 0.15) is 0 Å². The summed E-state index contributed by atoms with van der Waals surface area (Å²) in [5.41, 5.74) is 2.61. The summed E-state index contributed by atoms with van der Waals surface area (Å²) in [4.78, 5) is 25.9. The number of benzene rings is 2. The van der Waals surface area contributed by atoms with Crippen molar-refractivity contribution < 1.29 is 19.1 Å². The Morgan fingerprint density at radius 2 is 1.82 bits per heavy atom. The van der Waals surface area contributed by atoms with E-state index >= 15 is 0 Å². The first-order valence-corrected chi connectivity index (χ1v) is 9.14. The van der Waals surface area contributed by atoms with Crippen LogP contribution in [0.5, 0.6) is 11.5 Å². The number of carbonyl (C=O) groups excluding carboxylic acids is 2. The zero-order chi connectivity index (χ0) is 20.1. The van der Waals surface area contributed by atoms with Crippen molar-refractivity contribution in [3.8, 4) is 11.5 Å². The van der Waals surface area contributed by atoms with Crippen LogP contribution < -0.4 is 20.1 Å². The number of nitrogens with one attached hydrogen (secondary N) is 2. The molecule has 7 heteroatoms. The Morgan fingerprint density at radius 3 is 2.54 bits per heavy atom. The molecule has 1 heterocycles. The summed E-state index contributed by atoms with van der Waals surface area (Å²) in [7, 11) is 3.49. The van der Waals surface area contributed by atoms with Crippen molar-refractivity contribution in [2.75, 3.05) is 27.4 Å². The summed E-state index contributed by atoms with van der Waals surface area (Å²) in [5, 5.41) is 5.60. The Bertz CT molecular complexity index is 851. The van der Waals surface area contributed by atoms with Crippen molar-refractivity contribution in [3.63, 3.8) is 0 Å². The van der Waals surface area contributed by atoms with Gasteiger partial charge in [-0.2, -0.15) is 0 Å². The fourth-order valence-corrected chi connectivity index (χ4v) is 3.07. The number of hydrogen-bond donors (Lipinski definition) is 2. The van der Waals surface area contributed by atoms with Crippen molar-refractivity contribution in [2.24, 2.45) is 0 Å². The van der Waals surface area contributed by atoms with Crippen LogP contribution in [0.1, 0.15) is 34.5 Å². The first-order valence-electron chi connectivity index (χ1n) is 9.14. The van der Waals surface area contributed by atoms with Gasteiger partial charge in [0.15, 0.2) is 11.5 Å². The molecule has 0 radical (unpaired) electrons. The SMILES string of the molecule is CNC(=O)c1ccc(CN(C)CC(=O)N[C@H](C)c2ccc3c(c2)OCO3)cc1. The van der Waals surface area contributed by atoms with E-state index in [9.17, 15) is 9.59 Å². The molecule has 2 aromatic rings. The quantitative estimate of drug-likeness (QED) is 0.765. The maximum absolute atomic E-state index is 12.4. The number of carbonyl (C=O) groups is 2. The third-order valence-corrected chi connectivity index (χ3v) is 4.58. The maximum atomic E-state index is 12.4. The van der Waals surface area contributed by atoms with E-state index in [1.165, 1.54) is 0 Å². The largest absolute Gasteiger partial charge is 0.454 e. The summed E-state index contributed by atoms with van der Waals surface area (Å²) in [6, 6.07) is 12.9. The predicted octanol–water partition coefficient (Wildman–Crippen LogP) is 2.08. The minimum Gasteiger partial charge on any atom is -0.454 e. The molecule has 0 spiro atoms. The molecular weight excluding hydrogens is 358 g/mol. The molecule has 2 N–H and O–H groups in total. The lowest BCUT2D eigenvalue weighted by molar-refractivity contribution is -0.122. The number of likely N-dealkylation sites (N-methyl/N-ethyl adjacent to an activating group) is 1. The van der Waals surface area contributed by atoms with Crippen molar-refractivity contribution >= 4 is 11.8 Å². The van der Waals surface area contributed by atoms with Gasteiger partial charge < -0.3 is 20.1 Å². The van der Waals surface area contributed by atoms with E-state index in [2.05, 4.69) is 10.6 Å². The second kappa shape index (κ2) is 8.75. The topological polar surface area (TPSA) is 79.9 Å². The lowest BCUT2D eigenvalue weighted by atomic mass is 10.1. The van der Waals surface area contributed by atoms with Crippen molar-refractivity contribution in [3.05, 3.63) is 59.2 Å². The van der Waals surface area contributed by atoms with Crippen molar-refractivity contribution in [1.82, 2.24) is 15.5 Å². The zero-order valence-corrected chi connectivity index (χ0v) is 16.3. The monoisotopic (exact) mass is 383 g/mol. The molecule has 0 bridgehead atoms. The molecule has 7 nitrogen and oxygen atoms in total. The van der Waals surface area contributed by atoms with Gasteiger partial charge in [0.05, 0.1) is 12.6 Å². The first-order chi connectivity index (χ1) is 13.5. The smallest absolute Gasteiger partial charge is 0.251 e. The number of amides is 2. The number of fused-ring (bicyclic) bond motifs is 1. The maximum Gasteiger partial charge on any atom is 0.251 e. The molecule has 1 aliphatic rings. The molecule has 0 aromatic heterocycles. The van der Waals surface area contributed by atoms with E-state index in [0.29, 0.717) is 17.9 Å². The Balaban J connectivity index is 1.50. The van der Waals surface area contributed by atoms with Crippen LogP contribution in [0.3, 0.4) is 0 Å². The molecule has 2 aromatic carbocycles. The molecule has 2 amide bonds. The standard InChI is InChI=1S/C21H25N3O4/c1-14(17-8-9-18-19(10-17)28-13-27-18)23-20(25)12-24(3)11-15-4-6-16(7-5-15)21(26)22-2/h4-10,14H,11-13H2,1-3H3,(H,22,26)(H,23,25)/t14-/m1/s1. The molecule has 0 saturated heterocycles. The van der Waals surface area contributed by atoms with E-state index in [0.717, 1.165) is 16.9 Å². The summed E-state index contributed by atoms with van der Waals surface area (Å²) < 4.78 is 10.7. The molecule has 0 saturated carbocycles. The molecule has 0 unspecified atom stereocenters. The second-order valence-corrected chi connectivity index (χ2v) is 6.85. The molecule has 1 aliphatic heterocycles. The highest BCUT2D eigenvalue weighted by atomic mass is 16.7. The van der Waals surface area contributed by atoms with Crippen LogP contribution in [-0.2, 0) is 11.3 Å². The van der Waals surface area contributed by atoms with Gasteiger partial charge in [-0.15, -0.1) is 0 Å². The van der Waals surface area contributed by atoms with Gasteiger partial charge >= 0.3 is 0 Å². The van der Waals surface area contributed by atoms with E-state index in [4.69, 9.17) is 9.47 Å². The second-order valence-electron chi connectivity index (χ2n) is 6.85. The van der Waals surface area contributed by atoms with E-state index in [-0.39, 0.29) is 31.2 Å². The first kappa shape index (κ1) is 19.7. The van der Waals surface area contributed by atoms with Crippen molar-refractivity contribution in [1.29, 1.82) is 0 Å². The molecule has 0 aliphatic carbocycles. The van der Waals surface area contributed by atoms with Crippen LogP contribution in [0.2, 0.25) is 0 Å². The average Bonchev–Trinajstić information content (AvgIpc) is 3.15. The summed E-state index contributed by atoms with van der Waals surface area (Å²) in [5.74, 6) is 1.26. The highest BCUT2D eigenvalue weighted by Crippen LogP contribution is 2.34. The average molecular weight is 383 g/mol. The van der Waals surface area contributed by atoms with E-state index < -0.39 is 0 Å². The molecular formula is C21H25N3O4. The van der Waals surface area contributed by atoms with Gasteiger partial charge in [0.2, 0.25) is 12.7 Å². The van der Waals surface area contributed by atoms with Gasteiger partial charge in [-0.3, -0.25) is 14.5 Å². The lowest BCUT2D eigenvalue weighted by Gasteiger charge is -2.19. The Kier molecular flexibility index (Phi) is 6.16. The third kappa shape index (κ3) is 4.80. The fourth-order valence-electron chi connectivity index (χ4n) is 3.07. The Labute approximate surface area is 164 Å². The van der Waals surface area contributed by atoms with Gasteiger partial charge in [0, 0.05) is 19.2 Å². The predicted molar refractivity (Wildman–Crippen MR) is 105 cm³/mol. The fraction of sp³-hybridized carbons (Fsp3) is 0.333. The van der Waals surface area contributed by atoms with Crippen LogP contribution in [0.15, 0.2) is 42.5 Å². The minimum absolute atomic E-state index is 0.0605. The van der Waals surface area contributed by atoms with Crippen LogP contribution in [0.4, 0.5) is 0 Å². The molecule has 0 fully saturated rings. The van der Waals surface area contributed by atoms with Crippen molar-refractivity contribution in [2.45, 2.75) is 19.5 Å². The van der Waals surface area contributed by atoms with Gasteiger partial charge in [-0.1, -0.05) is 18.2 Å². The summed E-state index contributed by atoms with van der Waals surface area (Å²) in [6.07, 6.45) is 0. The molecule has 1 atom stereocenters. The van der Waals surface area contributed by atoms with Gasteiger partial charge in [-0.25, -0.2) is 0 Å². The van der Waals surface area contributed by atoms with Crippen LogP contribution in [0.25, 0.3) is 0 Å². The normalized spacial score (nSPS) is 13.3. The number of ether oxygens (including phenoxy) is 2. The molecule has 28 heavy (non-hydrogen) atoms. The number of hydrogen-bond acceptors (Lipinski definition) is 5. The number of rotatable bonds is 7. The Morgan fingerprint density at radius 1 is 1.11 bits per heavy atom. The minimum atomic E-state index is -0.137. The highest BCUT2D eigenvalue weighted by molar-refractivity contribution is 5.93. The summed E-state index contributed by atoms with van der Waals surface area (Å²) in [6.45, 7) is 3.05.